The Morgan fingerprint density at radius 3 is 2.74 bits per heavy atom. The summed E-state index contributed by atoms with van der Waals surface area (Å²) in [6.07, 6.45) is 6.10. The summed E-state index contributed by atoms with van der Waals surface area (Å²) in [5.74, 6) is 0.0698. The van der Waals surface area contributed by atoms with Gasteiger partial charge in [-0.3, -0.25) is 14.6 Å². The molecule has 2 aliphatic rings. The Balaban J connectivity index is 1.47. The number of aromatic nitrogens is 3. The fraction of sp³-hybridized carbons (Fsp3) is 0.421. The van der Waals surface area contributed by atoms with Crippen LogP contribution in [0, 0.1) is 5.41 Å². The average molecular weight is 367 g/mol. The van der Waals surface area contributed by atoms with Crippen LogP contribution in [0.5, 0.6) is 5.88 Å². The van der Waals surface area contributed by atoms with Gasteiger partial charge in [-0.05, 0) is 25.0 Å². The molecule has 2 aromatic heterocycles. The molecule has 0 aromatic carbocycles. The molecular weight excluding hydrogens is 346 g/mol. The Kier molecular flexibility index (Phi) is 4.47. The van der Waals surface area contributed by atoms with Gasteiger partial charge in [0.25, 0.3) is 5.91 Å². The van der Waals surface area contributed by atoms with E-state index in [1.165, 1.54) is 19.5 Å². The molecule has 4 heterocycles. The van der Waals surface area contributed by atoms with Crippen LogP contribution >= 0.6 is 0 Å². The van der Waals surface area contributed by atoms with Crippen LogP contribution in [0.25, 0.3) is 0 Å². The van der Waals surface area contributed by atoms with Gasteiger partial charge >= 0.3 is 0 Å². The van der Waals surface area contributed by atoms with Gasteiger partial charge in [0.1, 0.15) is 0 Å². The van der Waals surface area contributed by atoms with Crippen molar-refractivity contribution in [2.75, 3.05) is 26.7 Å². The first-order chi connectivity index (χ1) is 13.1. The van der Waals surface area contributed by atoms with Crippen molar-refractivity contribution in [1.82, 2.24) is 24.8 Å². The molecule has 27 heavy (non-hydrogen) atoms. The van der Waals surface area contributed by atoms with Gasteiger partial charge < -0.3 is 14.5 Å². The lowest BCUT2D eigenvalue weighted by Gasteiger charge is -2.23. The Hall–Kier alpha value is -3.03. The lowest BCUT2D eigenvalue weighted by atomic mass is 9.85. The lowest BCUT2D eigenvalue weighted by Crippen LogP contribution is -2.38. The molecule has 140 valence electrons. The van der Waals surface area contributed by atoms with E-state index in [1.807, 2.05) is 23.1 Å². The molecule has 2 amide bonds. The molecule has 4 rings (SSSR count). The zero-order valence-electron chi connectivity index (χ0n) is 15.2. The number of carbonyl (C=O) groups excluding carboxylic acids is 2. The highest BCUT2D eigenvalue weighted by molar-refractivity contribution is 5.95. The van der Waals surface area contributed by atoms with Gasteiger partial charge in [-0.2, -0.15) is 0 Å². The molecule has 2 aliphatic heterocycles. The van der Waals surface area contributed by atoms with Gasteiger partial charge in [-0.15, -0.1) is 0 Å². The topological polar surface area (TPSA) is 88.5 Å². The minimum atomic E-state index is -0.500. The van der Waals surface area contributed by atoms with Crippen LogP contribution in [0.4, 0.5) is 0 Å². The molecule has 1 spiro atoms. The molecule has 2 saturated heterocycles. The zero-order chi connectivity index (χ0) is 18.9. The third-order valence-corrected chi connectivity index (χ3v) is 5.38. The zero-order valence-corrected chi connectivity index (χ0v) is 15.2. The number of amides is 2. The maximum atomic E-state index is 13.1. The SMILES string of the molecule is COc1nccnc1C(=O)N1CCC2(CCN(Cc3ccccn3)C2=O)C1. The molecule has 1 atom stereocenters. The van der Waals surface area contributed by atoms with E-state index in [0.29, 0.717) is 32.6 Å². The summed E-state index contributed by atoms with van der Waals surface area (Å²) in [5, 5.41) is 0. The van der Waals surface area contributed by atoms with E-state index in [-0.39, 0.29) is 23.4 Å². The number of ether oxygens (including phenoxy) is 1. The monoisotopic (exact) mass is 367 g/mol. The molecule has 0 N–H and O–H groups in total. The molecule has 1 unspecified atom stereocenters. The molecular formula is C19H21N5O3. The van der Waals surface area contributed by atoms with Crippen molar-refractivity contribution in [3.63, 3.8) is 0 Å². The third-order valence-electron chi connectivity index (χ3n) is 5.38. The minimum Gasteiger partial charge on any atom is -0.479 e. The largest absolute Gasteiger partial charge is 0.479 e. The summed E-state index contributed by atoms with van der Waals surface area (Å²) < 4.78 is 5.14. The smallest absolute Gasteiger partial charge is 0.278 e. The molecule has 2 fully saturated rings. The van der Waals surface area contributed by atoms with Crippen LogP contribution in [-0.2, 0) is 11.3 Å². The van der Waals surface area contributed by atoms with Crippen molar-refractivity contribution in [3.8, 4) is 5.88 Å². The van der Waals surface area contributed by atoms with E-state index in [9.17, 15) is 9.59 Å². The van der Waals surface area contributed by atoms with Crippen LogP contribution in [0.15, 0.2) is 36.8 Å². The number of hydrogen-bond acceptors (Lipinski definition) is 6. The number of methoxy groups -OCH3 is 1. The highest BCUT2D eigenvalue weighted by Gasteiger charge is 2.51. The number of nitrogens with zero attached hydrogens (tertiary/aromatic N) is 5. The van der Waals surface area contributed by atoms with Crippen molar-refractivity contribution in [2.45, 2.75) is 19.4 Å². The summed E-state index contributed by atoms with van der Waals surface area (Å²) in [6, 6.07) is 5.70. The molecule has 8 nitrogen and oxygen atoms in total. The van der Waals surface area contributed by atoms with Crippen molar-refractivity contribution >= 4 is 11.8 Å². The van der Waals surface area contributed by atoms with Crippen LogP contribution in [-0.4, -0.2) is 63.3 Å². The molecule has 8 heteroatoms. The highest BCUT2D eigenvalue weighted by atomic mass is 16.5. The Labute approximate surface area is 157 Å². The van der Waals surface area contributed by atoms with Gasteiger partial charge in [0.05, 0.1) is 24.8 Å². The summed E-state index contributed by atoms with van der Waals surface area (Å²) in [5.41, 5.74) is 0.561. The van der Waals surface area contributed by atoms with Gasteiger partial charge in [0.15, 0.2) is 5.69 Å². The normalized spacial score (nSPS) is 21.9. The second-order valence-electron chi connectivity index (χ2n) is 6.97. The second kappa shape index (κ2) is 6.94. The number of hydrogen-bond donors (Lipinski definition) is 0. The summed E-state index contributed by atoms with van der Waals surface area (Å²) in [4.78, 5) is 41.9. The van der Waals surface area contributed by atoms with Crippen LogP contribution < -0.4 is 4.74 Å². The predicted octanol–water partition coefficient (Wildman–Crippen LogP) is 1.14. The van der Waals surface area contributed by atoms with Gasteiger partial charge in [0, 0.05) is 38.2 Å². The summed E-state index contributed by atoms with van der Waals surface area (Å²) in [7, 11) is 1.46. The van der Waals surface area contributed by atoms with Crippen LogP contribution in [0.2, 0.25) is 0 Å². The van der Waals surface area contributed by atoms with Crippen molar-refractivity contribution in [1.29, 1.82) is 0 Å². The highest BCUT2D eigenvalue weighted by Crippen LogP contribution is 2.41. The van der Waals surface area contributed by atoms with Gasteiger partial charge in [0.2, 0.25) is 11.8 Å². The van der Waals surface area contributed by atoms with Crippen LogP contribution in [0.1, 0.15) is 29.0 Å². The fourth-order valence-electron chi connectivity index (χ4n) is 3.93. The fourth-order valence-corrected chi connectivity index (χ4v) is 3.93. The van der Waals surface area contributed by atoms with E-state index in [2.05, 4.69) is 15.0 Å². The number of pyridine rings is 1. The van der Waals surface area contributed by atoms with E-state index in [4.69, 9.17) is 4.74 Å². The Morgan fingerprint density at radius 1 is 1.15 bits per heavy atom. The number of rotatable bonds is 4. The maximum Gasteiger partial charge on any atom is 0.278 e. The molecule has 2 aromatic rings. The average Bonchev–Trinajstić information content (AvgIpc) is 3.28. The van der Waals surface area contributed by atoms with E-state index < -0.39 is 5.41 Å². The quantitative estimate of drug-likeness (QED) is 0.805. The maximum absolute atomic E-state index is 13.1. The second-order valence-corrected chi connectivity index (χ2v) is 6.97. The molecule has 0 bridgehead atoms. The Morgan fingerprint density at radius 2 is 1.96 bits per heavy atom. The summed E-state index contributed by atoms with van der Waals surface area (Å²) in [6.45, 7) is 2.13. The Bertz CT molecular complexity index is 859. The first-order valence-corrected chi connectivity index (χ1v) is 8.96. The van der Waals surface area contributed by atoms with E-state index in [1.54, 1.807) is 11.1 Å². The van der Waals surface area contributed by atoms with E-state index in [0.717, 1.165) is 12.1 Å². The standard InChI is InChI=1S/C19H21N5O3/c1-27-16-15(21-8-9-22-16)17(25)24-11-6-19(13-24)5-10-23(18(19)26)12-14-4-2-3-7-20-14/h2-4,7-9H,5-6,10-13H2,1H3. The molecule has 0 aliphatic carbocycles. The van der Waals surface area contributed by atoms with Crippen molar-refractivity contribution < 1.29 is 14.3 Å². The minimum absolute atomic E-state index is 0.106. The van der Waals surface area contributed by atoms with Gasteiger partial charge in [-0.25, -0.2) is 9.97 Å². The first kappa shape index (κ1) is 17.4. The van der Waals surface area contributed by atoms with Crippen molar-refractivity contribution in [3.05, 3.63) is 48.2 Å². The first-order valence-electron chi connectivity index (χ1n) is 8.96. The summed E-state index contributed by atoms with van der Waals surface area (Å²) >= 11 is 0. The number of carbonyl (C=O) groups is 2. The third kappa shape index (κ3) is 3.11. The number of likely N-dealkylation sites (tertiary alicyclic amines) is 2. The van der Waals surface area contributed by atoms with Crippen LogP contribution in [0.3, 0.4) is 0 Å². The predicted molar refractivity (Wildman–Crippen MR) is 95.8 cm³/mol. The molecule has 0 radical (unpaired) electrons. The molecule has 0 saturated carbocycles. The van der Waals surface area contributed by atoms with E-state index >= 15 is 0 Å². The van der Waals surface area contributed by atoms with Gasteiger partial charge in [-0.1, -0.05) is 6.07 Å². The lowest BCUT2D eigenvalue weighted by molar-refractivity contribution is -0.135. The van der Waals surface area contributed by atoms with Crippen molar-refractivity contribution in [2.24, 2.45) is 5.41 Å².